The minimum Gasteiger partial charge on any atom is -0.491 e. The fourth-order valence-corrected chi connectivity index (χ4v) is 3.42. The van der Waals surface area contributed by atoms with Gasteiger partial charge in [-0.1, -0.05) is 31.9 Å². The van der Waals surface area contributed by atoms with E-state index in [1.165, 1.54) is 6.42 Å². The highest BCUT2D eigenvalue weighted by Gasteiger charge is 2.42. The molecule has 1 saturated carbocycles. The number of hydrogen-bond donors (Lipinski definition) is 1. The van der Waals surface area contributed by atoms with Crippen LogP contribution in [0.2, 0.25) is 0 Å². The SMILES string of the molecule is COC1(C(O)c2cccc(OC(C)C)c2)CCCC(C)C1. The number of aliphatic hydroxyl groups is 1. The van der Waals surface area contributed by atoms with Crippen molar-refractivity contribution < 1.29 is 14.6 Å². The normalized spacial score (nSPS) is 27.6. The van der Waals surface area contributed by atoms with Gasteiger partial charge in [-0.25, -0.2) is 0 Å². The second-order valence-corrected chi connectivity index (χ2v) is 6.61. The maximum Gasteiger partial charge on any atom is 0.120 e. The zero-order valence-electron chi connectivity index (χ0n) is 13.6. The van der Waals surface area contributed by atoms with Crippen LogP contribution in [0.25, 0.3) is 0 Å². The van der Waals surface area contributed by atoms with Gasteiger partial charge in [0.05, 0.1) is 11.7 Å². The highest BCUT2D eigenvalue weighted by molar-refractivity contribution is 5.31. The number of methoxy groups -OCH3 is 1. The predicted octanol–water partition coefficient (Wildman–Crippen LogP) is 4.10. The molecule has 1 aliphatic rings. The Hall–Kier alpha value is -1.06. The first-order valence-corrected chi connectivity index (χ1v) is 7.96. The lowest BCUT2D eigenvalue weighted by Gasteiger charge is -2.42. The van der Waals surface area contributed by atoms with Gasteiger partial charge in [0.2, 0.25) is 0 Å². The van der Waals surface area contributed by atoms with Gasteiger partial charge in [-0.2, -0.15) is 0 Å². The van der Waals surface area contributed by atoms with E-state index < -0.39 is 11.7 Å². The summed E-state index contributed by atoms with van der Waals surface area (Å²) in [6.07, 6.45) is 3.65. The molecule has 0 heterocycles. The second kappa shape index (κ2) is 6.80. The third kappa shape index (κ3) is 3.78. The molecule has 0 amide bonds. The summed E-state index contributed by atoms with van der Waals surface area (Å²) >= 11 is 0. The molecule has 3 unspecified atom stereocenters. The van der Waals surface area contributed by atoms with Crippen LogP contribution in [0.5, 0.6) is 5.75 Å². The molecule has 3 heteroatoms. The lowest BCUT2D eigenvalue weighted by Crippen LogP contribution is -2.42. The van der Waals surface area contributed by atoms with E-state index in [-0.39, 0.29) is 6.10 Å². The van der Waals surface area contributed by atoms with Crippen molar-refractivity contribution in [3.8, 4) is 5.75 Å². The third-order valence-corrected chi connectivity index (χ3v) is 4.44. The Labute approximate surface area is 128 Å². The number of ether oxygens (including phenoxy) is 2. The maximum atomic E-state index is 10.9. The molecule has 1 fully saturated rings. The molecule has 0 aliphatic heterocycles. The quantitative estimate of drug-likeness (QED) is 0.888. The number of hydrogen-bond acceptors (Lipinski definition) is 3. The van der Waals surface area contributed by atoms with Gasteiger partial charge in [-0.05, 0) is 50.3 Å². The first-order chi connectivity index (χ1) is 9.97. The molecule has 1 aromatic rings. The Kier molecular flexibility index (Phi) is 5.28. The lowest BCUT2D eigenvalue weighted by molar-refractivity contribution is -0.134. The van der Waals surface area contributed by atoms with E-state index in [1.54, 1.807) is 7.11 Å². The summed E-state index contributed by atoms with van der Waals surface area (Å²) in [7, 11) is 1.72. The van der Waals surface area contributed by atoms with Crippen LogP contribution in [-0.2, 0) is 4.74 Å². The molecule has 3 atom stereocenters. The Balaban J connectivity index is 2.22. The smallest absolute Gasteiger partial charge is 0.120 e. The highest BCUT2D eigenvalue weighted by Crippen LogP contribution is 2.43. The lowest BCUT2D eigenvalue weighted by atomic mass is 9.74. The van der Waals surface area contributed by atoms with Gasteiger partial charge in [-0.15, -0.1) is 0 Å². The fraction of sp³-hybridized carbons (Fsp3) is 0.667. The van der Waals surface area contributed by atoms with Crippen LogP contribution in [0, 0.1) is 5.92 Å². The van der Waals surface area contributed by atoms with Crippen LogP contribution in [-0.4, -0.2) is 23.9 Å². The van der Waals surface area contributed by atoms with E-state index in [0.29, 0.717) is 5.92 Å². The number of rotatable bonds is 5. The average molecular weight is 292 g/mol. The first kappa shape index (κ1) is 16.3. The third-order valence-electron chi connectivity index (χ3n) is 4.44. The van der Waals surface area contributed by atoms with E-state index in [4.69, 9.17) is 9.47 Å². The molecule has 1 aliphatic carbocycles. The van der Waals surface area contributed by atoms with E-state index in [0.717, 1.165) is 30.6 Å². The molecule has 0 radical (unpaired) electrons. The molecule has 21 heavy (non-hydrogen) atoms. The van der Waals surface area contributed by atoms with Crippen molar-refractivity contribution in [2.75, 3.05) is 7.11 Å². The Bertz CT molecular complexity index is 458. The first-order valence-electron chi connectivity index (χ1n) is 7.96. The standard InChI is InChI=1S/C18H28O3/c1-13(2)21-16-9-5-8-15(11-16)17(19)18(20-4)10-6-7-14(3)12-18/h5,8-9,11,13-14,17,19H,6-7,10,12H2,1-4H3. The average Bonchev–Trinajstić information content (AvgIpc) is 2.46. The molecule has 1 N–H and O–H groups in total. The van der Waals surface area contributed by atoms with Crippen LogP contribution in [0.3, 0.4) is 0 Å². The topological polar surface area (TPSA) is 38.7 Å². The molecule has 0 spiro atoms. The van der Waals surface area contributed by atoms with Gasteiger partial charge >= 0.3 is 0 Å². The molecule has 0 saturated heterocycles. The van der Waals surface area contributed by atoms with Gasteiger partial charge in [0.1, 0.15) is 11.9 Å². The number of benzene rings is 1. The molecule has 0 bridgehead atoms. The van der Waals surface area contributed by atoms with Crippen molar-refractivity contribution in [1.82, 2.24) is 0 Å². The summed E-state index contributed by atoms with van der Waals surface area (Å²) in [4.78, 5) is 0. The Morgan fingerprint density at radius 2 is 2.10 bits per heavy atom. The van der Waals surface area contributed by atoms with E-state index in [1.807, 2.05) is 38.1 Å². The van der Waals surface area contributed by atoms with Crippen LogP contribution < -0.4 is 4.74 Å². The largest absolute Gasteiger partial charge is 0.491 e. The molecular formula is C18H28O3. The fourth-order valence-electron chi connectivity index (χ4n) is 3.42. The van der Waals surface area contributed by atoms with E-state index >= 15 is 0 Å². The summed E-state index contributed by atoms with van der Waals surface area (Å²) < 4.78 is 11.5. The van der Waals surface area contributed by atoms with Crippen molar-refractivity contribution in [3.63, 3.8) is 0 Å². The van der Waals surface area contributed by atoms with Gasteiger partial charge in [0.15, 0.2) is 0 Å². The minimum atomic E-state index is -0.610. The van der Waals surface area contributed by atoms with Gasteiger partial charge in [-0.3, -0.25) is 0 Å². The maximum absolute atomic E-state index is 10.9. The Morgan fingerprint density at radius 3 is 2.71 bits per heavy atom. The molecular weight excluding hydrogens is 264 g/mol. The van der Waals surface area contributed by atoms with Crippen molar-refractivity contribution in [3.05, 3.63) is 29.8 Å². The minimum absolute atomic E-state index is 0.128. The second-order valence-electron chi connectivity index (χ2n) is 6.61. The summed E-state index contributed by atoms with van der Waals surface area (Å²) in [5.74, 6) is 1.39. The van der Waals surface area contributed by atoms with Crippen LogP contribution in [0.1, 0.15) is 58.1 Å². The van der Waals surface area contributed by atoms with Crippen molar-refractivity contribution in [2.24, 2.45) is 5.92 Å². The molecule has 0 aromatic heterocycles. The van der Waals surface area contributed by atoms with Crippen LogP contribution in [0.4, 0.5) is 0 Å². The molecule has 118 valence electrons. The van der Waals surface area contributed by atoms with Crippen molar-refractivity contribution in [1.29, 1.82) is 0 Å². The van der Waals surface area contributed by atoms with Gasteiger partial charge < -0.3 is 14.6 Å². The highest BCUT2D eigenvalue weighted by atomic mass is 16.5. The molecule has 3 nitrogen and oxygen atoms in total. The van der Waals surface area contributed by atoms with Crippen LogP contribution in [0.15, 0.2) is 24.3 Å². The summed E-state index contributed by atoms with van der Waals surface area (Å²) in [6, 6.07) is 7.76. The summed E-state index contributed by atoms with van der Waals surface area (Å²) in [6.45, 7) is 6.24. The monoisotopic (exact) mass is 292 g/mol. The summed E-state index contributed by atoms with van der Waals surface area (Å²) in [5.41, 5.74) is 0.415. The van der Waals surface area contributed by atoms with Crippen molar-refractivity contribution in [2.45, 2.75) is 64.3 Å². The predicted molar refractivity (Wildman–Crippen MR) is 84.5 cm³/mol. The van der Waals surface area contributed by atoms with Crippen LogP contribution >= 0.6 is 0 Å². The molecule has 1 aromatic carbocycles. The summed E-state index contributed by atoms with van der Waals surface area (Å²) in [5, 5.41) is 10.9. The Morgan fingerprint density at radius 1 is 1.33 bits per heavy atom. The van der Waals surface area contributed by atoms with Gasteiger partial charge in [0.25, 0.3) is 0 Å². The van der Waals surface area contributed by atoms with E-state index in [9.17, 15) is 5.11 Å². The van der Waals surface area contributed by atoms with E-state index in [2.05, 4.69) is 6.92 Å². The number of aliphatic hydroxyl groups excluding tert-OH is 1. The zero-order valence-corrected chi connectivity index (χ0v) is 13.6. The zero-order chi connectivity index (χ0) is 15.5. The molecule has 2 rings (SSSR count). The van der Waals surface area contributed by atoms with Crippen molar-refractivity contribution >= 4 is 0 Å². The van der Waals surface area contributed by atoms with Gasteiger partial charge in [0, 0.05) is 7.11 Å².